The number of carbonyl (C=O) groups excluding carboxylic acids is 1. The maximum Gasteiger partial charge on any atom is 0.262 e. The van der Waals surface area contributed by atoms with Crippen molar-refractivity contribution in [1.29, 1.82) is 0 Å². The van der Waals surface area contributed by atoms with Crippen molar-refractivity contribution in [1.82, 2.24) is 15.0 Å². The summed E-state index contributed by atoms with van der Waals surface area (Å²) in [6.07, 6.45) is 5.99. The van der Waals surface area contributed by atoms with Crippen LogP contribution in [0, 0.1) is 0 Å². The summed E-state index contributed by atoms with van der Waals surface area (Å²) in [6, 6.07) is 9.61. The minimum atomic E-state index is -0.259. The van der Waals surface area contributed by atoms with E-state index < -0.39 is 0 Å². The topological polar surface area (TPSA) is 73.2 Å². The molecule has 27 heavy (non-hydrogen) atoms. The van der Waals surface area contributed by atoms with Gasteiger partial charge in [-0.25, -0.2) is 10.5 Å². The van der Waals surface area contributed by atoms with E-state index in [1.165, 1.54) is 21.4 Å². The second-order valence-electron chi connectivity index (χ2n) is 6.68. The molecule has 2 heterocycles. The van der Waals surface area contributed by atoms with Crippen molar-refractivity contribution in [3.8, 4) is 0 Å². The quantitative estimate of drug-likeness (QED) is 0.664. The summed E-state index contributed by atoms with van der Waals surface area (Å²) in [5.41, 5.74) is 4.53. The van der Waals surface area contributed by atoms with Gasteiger partial charge in [0.1, 0.15) is 4.83 Å². The number of benzene rings is 1. The lowest BCUT2D eigenvalue weighted by molar-refractivity contribution is -0.134. The number of rotatable bonds is 6. The second-order valence-corrected chi connectivity index (χ2v) is 7.77. The highest BCUT2D eigenvalue weighted by Gasteiger charge is 2.20. The molecule has 1 N–H and O–H groups in total. The van der Waals surface area contributed by atoms with E-state index in [0.29, 0.717) is 6.61 Å². The zero-order chi connectivity index (χ0) is 18.6. The predicted octanol–water partition coefficient (Wildman–Crippen LogP) is 2.97. The van der Waals surface area contributed by atoms with E-state index in [1.54, 1.807) is 17.7 Å². The largest absolute Gasteiger partial charge is 0.298 e. The van der Waals surface area contributed by atoms with E-state index in [9.17, 15) is 9.59 Å². The van der Waals surface area contributed by atoms with Gasteiger partial charge in [-0.15, -0.1) is 11.3 Å². The number of aryl methyl sites for hydroxylation is 3. The third-order valence-electron chi connectivity index (χ3n) is 4.79. The second kappa shape index (κ2) is 8.02. The van der Waals surface area contributed by atoms with Crippen molar-refractivity contribution < 1.29 is 9.63 Å². The summed E-state index contributed by atoms with van der Waals surface area (Å²) in [6.45, 7) is 0.591. The molecule has 0 unspecified atom stereocenters. The third-order valence-corrected chi connectivity index (χ3v) is 5.99. The Morgan fingerprint density at radius 2 is 2.04 bits per heavy atom. The molecular formula is C20H21N3O3S. The molecule has 4 rings (SSSR count). The summed E-state index contributed by atoms with van der Waals surface area (Å²) in [4.78, 5) is 36.6. The first-order valence-electron chi connectivity index (χ1n) is 9.16. The molecule has 1 aromatic carbocycles. The molecule has 0 bridgehead atoms. The summed E-state index contributed by atoms with van der Waals surface area (Å²) in [5.74, 6) is -0.259. The number of fused-ring (bicyclic) bond motifs is 3. The molecular weight excluding hydrogens is 362 g/mol. The number of aromatic nitrogens is 2. The Balaban J connectivity index is 1.38. The van der Waals surface area contributed by atoms with Crippen molar-refractivity contribution in [2.75, 3.05) is 0 Å². The molecule has 0 aliphatic heterocycles. The van der Waals surface area contributed by atoms with Gasteiger partial charge in [0.05, 0.1) is 18.3 Å². The molecule has 1 aliphatic rings. The summed E-state index contributed by atoms with van der Waals surface area (Å²) >= 11 is 1.63. The van der Waals surface area contributed by atoms with Gasteiger partial charge in [0.15, 0.2) is 0 Å². The Labute approximate surface area is 160 Å². The van der Waals surface area contributed by atoms with Gasteiger partial charge < -0.3 is 0 Å². The van der Waals surface area contributed by atoms with Crippen LogP contribution in [0.5, 0.6) is 0 Å². The smallest absolute Gasteiger partial charge is 0.262 e. The van der Waals surface area contributed by atoms with Gasteiger partial charge in [0, 0.05) is 17.8 Å². The molecule has 6 nitrogen and oxygen atoms in total. The van der Waals surface area contributed by atoms with Crippen LogP contribution in [0.4, 0.5) is 0 Å². The fourth-order valence-corrected chi connectivity index (χ4v) is 4.61. The number of nitrogens with one attached hydrogen (secondary N) is 1. The minimum absolute atomic E-state index is 0.0441. The van der Waals surface area contributed by atoms with Crippen LogP contribution in [0.3, 0.4) is 0 Å². The Morgan fingerprint density at radius 3 is 2.89 bits per heavy atom. The molecule has 0 atom stereocenters. The van der Waals surface area contributed by atoms with E-state index in [-0.39, 0.29) is 24.4 Å². The standard InChI is InChI=1S/C20H21N3O3S/c24-17(22-26-12-14-6-2-1-3-7-14)10-11-23-13-21-19-18(20(23)25)15-8-4-5-9-16(15)27-19/h1-3,6-7,13H,4-5,8-12H2,(H,22,24). The summed E-state index contributed by atoms with van der Waals surface area (Å²) in [7, 11) is 0. The van der Waals surface area contributed by atoms with Crippen LogP contribution in [0.2, 0.25) is 0 Å². The fourth-order valence-electron chi connectivity index (χ4n) is 3.39. The number of nitrogens with zero attached hydrogens (tertiary/aromatic N) is 2. The van der Waals surface area contributed by atoms with Crippen LogP contribution in [0.25, 0.3) is 10.2 Å². The van der Waals surface area contributed by atoms with Gasteiger partial charge in [-0.2, -0.15) is 0 Å². The molecule has 140 valence electrons. The lowest BCUT2D eigenvalue weighted by atomic mass is 9.97. The number of hydrogen-bond donors (Lipinski definition) is 1. The van der Waals surface area contributed by atoms with E-state index in [2.05, 4.69) is 10.5 Å². The fraction of sp³-hybridized carbons (Fsp3) is 0.350. The van der Waals surface area contributed by atoms with Crippen molar-refractivity contribution >= 4 is 27.5 Å². The number of hydroxylamine groups is 1. The molecule has 0 fully saturated rings. The SMILES string of the molecule is O=C(CCn1cnc2sc3c(c2c1=O)CCCC3)NOCc1ccccc1. The Bertz CT molecular complexity index is 1010. The lowest BCUT2D eigenvalue weighted by Crippen LogP contribution is -2.27. The maximum absolute atomic E-state index is 12.8. The number of carbonyl (C=O) groups is 1. The Morgan fingerprint density at radius 1 is 1.22 bits per heavy atom. The van der Waals surface area contributed by atoms with Crippen LogP contribution in [-0.4, -0.2) is 15.5 Å². The first-order valence-corrected chi connectivity index (χ1v) is 9.98. The first-order chi connectivity index (χ1) is 13.2. The number of hydrogen-bond acceptors (Lipinski definition) is 5. The lowest BCUT2D eigenvalue weighted by Gasteiger charge is -2.10. The van der Waals surface area contributed by atoms with Crippen LogP contribution in [0.1, 0.15) is 35.3 Å². The van der Waals surface area contributed by atoms with Crippen molar-refractivity contribution in [2.45, 2.75) is 45.3 Å². The van der Waals surface area contributed by atoms with Crippen molar-refractivity contribution in [3.05, 3.63) is 63.0 Å². The summed E-state index contributed by atoms with van der Waals surface area (Å²) < 4.78 is 1.53. The van der Waals surface area contributed by atoms with Gasteiger partial charge in [0.25, 0.3) is 5.56 Å². The Kier molecular flexibility index (Phi) is 5.31. The molecule has 1 amide bonds. The van der Waals surface area contributed by atoms with Crippen LogP contribution in [-0.2, 0) is 35.6 Å². The molecule has 7 heteroatoms. The maximum atomic E-state index is 12.8. The molecule has 0 radical (unpaired) electrons. The molecule has 0 saturated carbocycles. The zero-order valence-corrected chi connectivity index (χ0v) is 15.8. The highest BCUT2D eigenvalue weighted by Crippen LogP contribution is 2.33. The predicted molar refractivity (Wildman–Crippen MR) is 105 cm³/mol. The van der Waals surface area contributed by atoms with Gasteiger partial charge in [-0.05, 0) is 36.8 Å². The van der Waals surface area contributed by atoms with E-state index in [1.807, 2.05) is 30.3 Å². The minimum Gasteiger partial charge on any atom is -0.298 e. The summed E-state index contributed by atoms with van der Waals surface area (Å²) in [5, 5.41) is 0.748. The van der Waals surface area contributed by atoms with Crippen molar-refractivity contribution in [3.63, 3.8) is 0 Å². The van der Waals surface area contributed by atoms with E-state index in [0.717, 1.165) is 35.0 Å². The third kappa shape index (κ3) is 3.94. The van der Waals surface area contributed by atoms with Gasteiger partial charge >= 0.3 is 0 Å². The van der Waals surface area contributed by atoms with Crippen LogP contribution < -0.4 is 11.0 Å². The monoisotopic (exact) mass is 383 g/mol. The van der Waals surface area contributed by atoms with E-state index in [4.69, 9.17) is 4.84 Å². The van der Waals surface area contributed by atoms with Gasteiger partial charge in [0.2, 0.25) is 5.91 Å². The average Bonchev–Trinajstić information content (AvgIpc) is 3.07. The number of amides is 1. The van der Waals surface area contributed by atoms with Crippen LogP contribution >= 0.6 is 11.3 Å². The highest BCUT2D eigenvalue weighted by molar-refractivity contribution is 7.18. The molecule has 0 spiro atoms. The molecule has 0 saturated heterocycles. The van der Waals surface area contributed by atoms with Crippen molar-refractivity contribution in [2.24, 2.45) is 0 Å². The van der Waals surface area contributed by atoms with E-state index >= 15 is 0 Å². The first kappa shape index (κ1) is 17.9. The highest BCUT2D eigenvalue weighted by atomic mass is 32.1. The molecule has 1 aliphatic carbocycles. The normalized spacial score (nSPS) is 13.5. The zero-order valence-electron chi connectivity index (χ0n) is 14.9. The molecule has 3 aromatic rings. The Hall–Kier alpha value is -2.51. The molecule has 2 aromatic heterocycles. The number of thiophene rings is 1. The van der Waals surface area contributed by atoms with Gasteiger partial charge in [-0.3, -0.25) is 19.0 Å². The average molecular weight is 383 g/mol. The van der Waals surface area contributed by atoms with Gasteiger partial charge in [-0.1, -0.05) is 30.3 Å². The van der Waals surface area contributed by atoms with Crippen LogP contribution in [0.15, 0.2) is 41.5 Å².